The molecule has 0 aliphatic carbocycles. The minimum absolute atomic E-state index is 0.183. The second-order valence-electron chi connectivity index (χ2n) is 3.66. The Hall–Kier alpha value is -2.17. The van der Waals surface area contributed by atoms with Crippen LogP contribution in [0.2, 0.25) is 0 Å². The summed E-state index contributed by atoms with van der Waals surface area (Å²) in [7, 11) is 0. The first-order valence-electron chi connectivity index (χ1n) is 5.45. The zero-order valence-corrected chi connectivity index (χ0v) is 9.78. The third-order valence-electron chi connectivity index (χ3n) is 2.38. The molecule has 0 unspecified atom stereocenters. The molecule has 0 fully saturated rings. The number of halogens is 2. The van der Waals surface area contributed by atoms with E-state index >= 15 is 0 Å². The third kappa shape index (κ3) is 2.40. The molecule has 0 saturated heterocycles. The van der Waals surface area contributed by atoms with E-state index in [-0.39, 0.29) is 5.69 Å². The largest absolute Gasteiger partial charge is 0.493 e. The van der Waals surface area contributed by atoms with Gasteiger partial charge in [-0.05, 0) is 19.1 Å². The highest BCUT2D eigenvalue weighted by molar-refractivity contribution is 5.76. The molecule has 2 rings (SSSR count). The Morgan fingerprint density at radius 3 is 2.67 bits per heavy atom. The molecular weight excluding hydrogens is 238 g/mol. The van der Waals surface area contributed by atoms with Gasteiger partial charge in [0.15, 0.2) is 0 Å². The maximum Gasteiger partial charge on any atom is 0.143 e. The van der Waals surface area contributed by atoms with Gasteiger partial charge >= 0.3 is 0 Å². The molecule has 1 aromatic carbocycles. The fourth-order valence-electron chi connectivity index (χ4n) is 1.65. The summed E-state index contributed by atoms with van der Waals surface area (Å²) in [5.41, 5.74) is 6.80. The predicted molar refractivity (Wildman–Crippen MR) is 65.2 cm³/mol. The third-order valence-corrected chi connectivity index (χ3v) is 2.38. The molecule has 0 aliphatic heterocycles. The van der Waals surface area contributed by atoms with E-state index in [1.165, 1.54) is 24.3 Å². The summed E-state index contributed by atoms with van der Waals surface area (Å²) in [6.45, 7) is 2.17. The Morgan fingerprint density at radius 1 is 1.22 bits per heavy atom. The molecule has 1 aromatic heterocycles. The number of rotatable bonds is 3. The lowest BCUT2D eigenvalue weighted by atomic mass is 10.1. The average Bonchev–Trinajstić information content (AvgIpc) is 2.31. The molecule has 0 atom stereocenters. The normalized spacial score (nSPS) is 10.4. The van der Waals surface area contributed by atoms with Gasteiger partial charge in [-0.2, -0.15) is 0 Å². The van der Waals surface area contributed by atoms with Crippen molar-refractivity contribution in [3.05, 3.63) is 42.1 Å². The Morgan fingerprint density at radius 2 is 2.00 bits per heavy atom. The molecule has 0 spiro atoms. The zero-order chi connectivity index (χ0) is 13.1. The van der Waals surface area contributed by atoms with Gasteiger partial charge in [-0.1, -0.05) is 0 Å². The van der Waals surface area contributed by atoms with Gasteiger partial charge in [0.25, 0.3) is 0 Å². The molecule has 3 nitrogen and oxygen atoms in total. The van der Waals surface area contributed by atoms with Crippen molar-refractivity contribution >= 4 is 5.69 Å². The monoisotopic (exact) mass is 250 g/mol. The highest BCUT2D eigenvalue weighted by Gasteiger charge is 2.12. The number of benzene rings is 1. The number of aromatic nitrogens is 1. The van der Waals surface area contributed by atoms with Crippen molar-refractivity contribution in [3.8, 4) is 17.0 Å². The molecule has 2 aromatic rings. The number of hydrogen-bond acceptors (Lipinski definition) is 3. The summed E-state index contributed by atoms with van der Waals surface area (Å²) < 4.78 is 31.4. The topological polar surface area (TPSA) is 48.1 Å². The molecule has 0 bridgehead atoms. The standard InChI is InChI=1S/C13H12F2N2O/c1-2-18-12-6-8(14)3-4-10(12)13-11(16)5-9(15)7-17-13/h3-7H,2,16H2,1H3. The molecule has 0 aliphatic rings. The molecular formula is C13H12F2N2O. The number of anilines is 1. The van der Waals surface area contributed by atoms with Gasteiger partial charge in [0, 0.05) is 17.7 Å². The minimum atomic E-state index is -0.517. The summed E-state index contributed by atoms with van der Waals surface area (Å²) in [4.78, 5) is 3.92. The van der Waals surface area contributed by atoms with Crippen LogP contribution >= 0.6 is 0 Å². The summed E-state index contributed by atoms with van der Waals surface area (Å²) in [5.74, 6) is -0.595. The quantitative estimate of drug-likeness (QED) is 0.910. The highest BCUT2D eigenvalue weighted by atomic mass is 19.1. The molecule has 0 radical (unpaired) electrons. The first-order chi connectivity index (χ1) is 8.61. The number of nitrogens with zero attached hydrogens (tertiary/aromatic N) is 1. The lowest BCUT2D eigenvalue weighted by Crippen LogP contribution is -1.99. The summed E-state index contributed by atoms with van der Waals surface area (Å²) in [5, 5.41) is 0. The summed E-state index contributed by atoms with van der Waals surface area (Å²) in [6.07, 6.45) is 1.06. The van der Waals surface area contributed by atoms with Crippen LogP contribution in [0.15, 0.2) is 30.5 Å². The van der Waals surface area contributed by atoms with Crippen LogP contribution in [0.4, 0.5) is 14.5 Å². The van der Waals surface area contributed by atoms with Crippen molar-refractivity contribution in [3.63, 3.8) is 0 Å². The Labute approximate surface area is 103 Å². The van der Waals surface area contributed by atoms with Crippen LogP contribution in [-0.4, -0.2) is 11.6 Å². The van der Waals surface area contributed by atoms with Crippen LogP contribution in [-0.2, 0) is 0 Å². The van der Waals surface area contributed by atoms with Gasteiger partial charge in [0.05, 0.1) is 24.2 Å². The molecule has 2 N–H and O–H groups in total. The van der Waals surface area contributed by atoms with Crippen molar-refractivity contribution in [2.45, 2.75) is 6.92 Å². The maximum atomic E-state index is 13.2. The van der Waals surface area contributed by atoms with Gasteiger partial charge in [-0.15, -0.1) is 0 Å². The van der Waals surface area contributed by atoms with Gasteiger partial charge < -0.3 is 10.5 Å². The average molecular weight is 250 g/mol. The smallest absolute Gasteiger partial charge is 0.143 e. The van der Waals surface area contributed by atoms with Crippen molar-refractivity contribution in [1.82, 2.24) is 4.98 Å². The first-order valence-corrected chi connectivity index (χ1v) is 5.45. The van der Waals surface area contributed by atoms with E-state index < -0.39 is 11.6 Å². The second-order valence-corrected chi connectivity index (χ2v) is 3.66. The summed E-state index contributed by atoms with van der Waals surface area (Å²) in [6, 6.07) is 5.21. The van der Waals surface area contributed by atoms with Gasteiger partial charge in [0.2, 0.25) is 0 Å². The zero-order valence-electron chi connectivity index (χ0n) is 9.78. The SMILES string of the molecule is CCOc1cc(F)ccc1-c1ncc(F)cc1N. The van der Waals surface area contributed by atoms with E-state index in [4.69, 9.17) is 10.5 Å². The van der Waals surface area contributed by atoms with E-state index in [1.54, 1.807) is 6.92 Å². The van der Waals surface area contributed by atoms with E-state index in [2.05, 4.69) is 4.98 Å². The van der Waals surface area contributed by atoms with Gasteiger partial charge in [-0.3, -0.25) is 4.98 Å². The predicted octanol–water partition coefficient (Wildman–Crippen LogP) is 3.01. The minimum Gasteiger partial charge on any atom is -0.493 e. The van der Waals surface area contributed by atoms with Crippen LogP contribution in [0, 0.1) is 11.6 Å². The molecule has 1 heterocycles. The lowest BCUT2D eigenvalue weighted by Gasteiger charge is -2.11. The lowest BCUT2D eigenvalue weighted by molar-refractivity contribution is 0.339. The van der Waals surface area contributed by atoms with Crippen molar-refractivity contribution in [2.24, 2.45) is 0 Å². The molecule has 5 heteroatoms. The van der Waals surface area contributed by atoms with Crippen molar-refractivity contribution < 1.29 is 13.5 Å². The van der Waals surface area contributed by atoms with E-state index in [1.807, 2.05) is 0 Å². The number of hydrogen-bond donors (Lipinski definition) is 1. The fourth-order valence-corrected chi connectivity index (χ4v) is 1.65. The van der Waals surface area contributed by atoms with Gasteiger partial charge in [-0.25, -0.2) is 8.78 Å². The van der Waals surface area contributed by atoms with Crippen LogP contribution in [0.1, 0.15) is 6.92 Å². The van der Waals surface area contributed by atoms with Crippen LogP contribution < -0.4 is 10.5 Å². The van der Waals surface area contributed by atoms with E-state index in [0.29, 0.717) is 23.6 Å². The Bertz CT molecular complexity index is 573. The van der Waals surface area contributed by atoms with Crippen LogP contribution in [0.25, 0.3) is 11.3 Å². The molecule has 0 saturated carbocycles. The van der Waals surface area contributed by atoms with Crippen molar-refractivity contribution in [2.75, 3.05) is 12.3 Å². The second kappa shape index (κ2) is 5.00. The first kappa shape index (κ1) is 12.3. The Balaban J connectivity index is 2.55. The molecule has 94 valence electrons. The number of ether oxygens (including phenoxy) is 1. The van der Waals surface area contributed by atoms with E-state index in [0.717, 1.165) is 6.20 Å². The molecule has 18 heavy (non-hydrogen) atoms. The van der Waals surface area contributed by atoms with Gasteiger partial charge in [0.1, 0.15) is 17.4 Å². The van der Waals surface area contributed by atoms with Crippen LogP contribution in [0.5, 0.6) is 5.75 Å². The maximum absolute atomic E-state index is 13.2. The number of nitrogen functional groups attached to an aromatic ring is 1. The van der Waals surface area contributed by atoms with E-state index in [9.17, 15) is 8.78 Å². The molecule has 0 amide bonds. The number of nitrogens with two attached hydrogens (primary N) is 1. The highest BCUT2D eigenvalue weighted by Crippen LogP contribution is 2.32. The van der Waals surface area contributed by atoms with Crippen LogP contribution in [0.3, 0.4) is 0 Å². The van der Waals surface area contributed by atoms with Crippen molar-refractivity contribution in [1.29, 1.82) is 0 Å². The number of pyridine rings is 1. The Kier molecular flexibility index (Phi) is 3.41. The fraction of sp³-hybridized carbons (Fsp3) is 0.154. The summed E-state index contributed by atoms with van der Waals surface area (Å²) >= 11 is 0.